The lowest BCUT2D eigenvalue weighted by Crippen LogP contribution is -2.33. The van der Waals surface area contributed by atoms with Crippen LogP contribution in [0.3, 0.4) is 0 Å². The minimum Gasteiger partial charge on any atom is -0.450 e. The fourth-order valence-electron chi connectivity index (χ4n) is 0.610. The summed E-state index contributed by atoms with van der Waals surface area (Å²) in [6, 6.07) is -0.0217. The van der Waals surface area contributed by atoms with Gasteiger partial charge in [-0.1, -0.05) is 0 Å². The highest BCUT2D eigenvalue weighted by Gasteiger charge is 2.04. The second-order valence-corrected chi connectivity index (χ2v) is 2.21. The van der Waals surface area contributed by atoms with Gasteiger partial charge in [-0.2, -0.15) is 0 Å². The summed E-state index contributed by atoms with van der Waals surface area (Å²) in [5.74, 6) is 0. The van der Waals surface area contributed by atoms with E-state index in [9.17, 15) is 4.79 Å². The van der Waals surface area contributed by atoms with Crippen LogP contribution in [0, 0.1) is 5.41 Å². The molecule has 0 aromatic carbocycles. The van der Waals surface area contributed by atoms with Crippen molar-refractivity contribution >= 4 is 12.3 Å². The second-order valence-electron chi connectivity index (χ2n) is 2.21. The molecule has 11 heavy (non-hydrogen) atoms. The number of rotatable bonds is 4. The van der Waals surface area contributed by atoms with Crippen LogP contribution in [0.15, 0.2) is 0 Å². The zero-order valence-corrected chi connectivity index (χ0v) is 6.89. The Hall–Kier alpha value is -1.06. The van der Waals surface area contributed by atoms with Gasteiger partial charge in [-0.15, -0.1) is 0 Å². The van der Waals surface area contributed by atoms with Gasteiger partial charge in [-0.05, 0) is 20.1 Å². The Labute approximate surface area is 66.4 Å². The van der Waals surface area contributed by atoms with Gasteiger partial charge >= 0.3 is 6.09 Å². The second kappa shape index (κ2) is 5.70. The predicted octanol–water partition coefficient (Wildman–Crippen LogP) is 1.16. The van der Waals surface area contributed by atoms with Crippen molar-refractivity contribution in [2.24, 2.45) is 0 Å². The van der Waals surface area contributed by atoms with Crippen molar-refractivity contribution in [3.05, 3.63) is 0 Å². The minimum atomic E-state index is -0.415. The van der Waals surface area contributed by atoms with Gasteiger partial charge in [0, 0.05) is 12.5 Å². The van der Waals surface area contributed by atoms with E-state index in [1.54, 1.807) is 6.92 Å². The Morgan fingerprint density at radius 3 is 2.91 bits per heavy atom. The van der Waals surface area contributed by atoms with E-state index >= 15 is 0 Å². The molecular weight excluding hydrogens is 144 g/mol. The summed E-state index contributed by atoms with van der Waals surface area (Å²) in [6.07, 6.45) is 1.39. The summed E-state index contributed by atoms with van der Waals surface area (Å²) in [5, 5.41) is 9.33. The molecule has 0 aromatic heterocycles. The highest BCUT2D eigenvalue weighted by Crippen LogP contribution is 1.87. The van der Waals surface area contributed by atoms with Crippen LogP contribution in [0.25, 0.3) is 0 Å². The first-order chi connectivity index (χ1) is 5.20. The van der Waals surface area contributed by atoms with Gasteiger partial charge in [0.1, 0.15) is 0 Å². The van der Waals surface area contributed by atoms with Gasteiger partial charge in [-0.3, -0.25) is 0 Å². The minimum absolute atomic E-state index is 0.0217. The first-order valence-electron chi connectivity index (χ1n) is 3.63. The van der Waals surface area contributed by atoms with E-state index in [1.165, 1.54) is 6.21 Å². The first kappa shape index (κ1) is 9.94. The third-order valence-corrected chi connectivity index (χ3v) is 1.11. The number of carbonyl (C=O) groups excluding carboxylic acids is 1. The fourth-order valence-corrected chi connectivity index (χ4v) is 0.610. The number of hydrogen-bond donors (Lipinski definition) is 2. The third kappa shape index (κ3) is 5.39. The Kier molecular flexibility index (Phi) is 5.15. The SMILES string of the molecule is CCOC(=O)N[C@H](C)CC=N. The Bertz CT molecular complexity index is 136. The topological polar surface area (TPSA) is 62.2 Å². The van der Waals surface area contributed by atoms with Crippen LogP contribution in [0.1, 0.15) is 20.3 Å². The van der Waals surface area contributed by atoms with E-state index in [-0.39, 0.29) is 6.04 Å². The highest BCUT2D eigenvalue weighted by atomic mass is 16.5. The molecule has 1 atom stereocenters. The fraction of sp³-hybridized carbons (Fsp3) is 0.714. The Balaban J connectivity index is 3.48. The molecule has 0 saturated carbocycles. The number of hydrogen-bond acceptors (Lipinski definition) is 3. The van der Waals surface area contributed by atoms with E-state index in [1.807, 2.05) is 6.92 Å². The average Bonchev–Trinajstić information content (AvgIpc) is 1.87. The molecule has 2 N–H and O–H groups in total. The van der Waals surface area contributed by atoms with Gasteiger partial charge in [0.25, 0.3) is 0 Å². The maximum absolute atomic E-state index is 10.7. The lowest BCUT2D eigenvalue weighted by Gasteiger charge is -2.09. The Morgan fingerprint density at radius 2 is 2.45 bits per heavy atom. The summed E-state index contributed by atoms with van der Waals surface area (Å²) in [5.41, 5.74) is 0. The lowest BCUT2D eigenvalue weighted by atomic mass is 10.2. The molecule has 4 nitrogen and oxygen atoms in total. The molecule has 0 unspecified atom stereocenters. The van der Waals surface area contributed by atoms with E-state index < -0.39 is 6.09 Å². The summed E-state index contributed by atoms with van der Waals surface area (Å²) in [7, 11) is 0. The van der Waals surface area contributed by atoms with Gasteiger partial charge in [0.15, 0.2) is 0 Å². The van der Waals surface area contributed by atoms with Crippen molar-refractivity contribution in [3.8, 4) is 0 Å². The maximum Gasteiger partial charge on any atom is 0.407 e. The summed E-state index contributed by atoms with van der Waals surface area (Å²) >= 11 is 0. The predicted molar refractivity (Wildman–Crippen MR) is 43.0 cm³/mol. The normalized spacial score (nSPS) is 11.8. The van der Waals surface area contributed by atoms with Crippen molar-refractivity contribution in [1.29, 1.82) is 5.41 Å². The molecule has 0 aliphatic rings. The number of alkyl carbamates (subject to hydrolysis) is 1. The summed E-state index contributed by atoms with van der Waals surface area (Å²) in [4.78, 5) is 10.7. The molecule has 1 amide bonds. The van der Waals surface area contributed by atoms with Crippen LogP contribution >= 0.6 is 0 Å². The van der Waals surface area contributed by atoms with Crippen LogP contribution in [0.4, 0.5) is 4.79 Å². The first-order valence-corrected chi connectivity index (χ1v) is 3.63. The molecule has 4 heteroatoms. The monoisotopic (exact) mass is 158 g/mol. The third-order valence-electron chi connectivity index (χ3n) is 1.11. The molecule has 0 spiro atoms. The van der Waals surface area contributed by atoms with Crippen LogP contribution in [-0.2, 0) is 4.74 Å². The zero-order valence-electron chi connectivity index (χ0n) is 6.89. The molecule has 64 valence electrons. The smallest absolute Gasteiger partial charge is 0.407 e. The lowest BCUT2D eigenvalue weighted by molar-refractivity contribution is 0.149. The van der Waals surface area contributed by atoms with E-state index in [2.05, 4.69) is 10.1 Å². The molecule has 0 heterocycles. The quantitative estimate of drug-likeness (QED) is 0.603. The van der Waals surface area contributed by atoms with Crippen LogP contribution < -0.4 is 5.32 Å². The van der Waals surface area contributed by atoms with Crippen molar-refractivity contribution in [2.75, 3.05) is 6.61 Å². The van der Waals surface area contributed by atoms with Crippen molar-refractivity contribution < 1.29 is 9.53 Å². The zero-order chi connectivity index (χ0) is 8.69. The van der Waals surface area contributed by atoms with Crippen molar-refractivity contribution in [2.45, 2.75) is 26.3 Å². The molecule has 0 radical (unpaired) electrons. The van der Waals surface area contributed by atoms with E-state index in [0.717, 1.165) is 0 Å². The number of amides is 1. The summed E-state index contributed by atoms with van der Waals surface area (Å²) in [6.45, 7) is 3.95. The number of carbonyl (C=O) groups is 1. The van der Waals surface area contributed by atoms with Gasteiger partial charge in [-0.25, -0.2) is 4.79 Å². The molecule has 0 aromatic rings. The standard InChI is InChI=1S/C7H14N2O2/c1-3-11-7(10)9-6(2)4-5-8/h5-6,8H,3-4H2,1-2H3,(H,9,10)/t6-/m1/s1. The maximum atomic E-state index is 10.7. The molecule has 0 fully saturated rings. The van der Waals surface area contributed by atoms with Gasteiger partial charge < -0.3 is 15.5 Å². The van der Waals surface area contributed by atoms with Crippen molar-refractivity contribution in [3.63, 3.8) is 0 Å². The van der Waals surface area contributed by atoms with Crippen LogP contribution in [0.5, 0.6) is 0 Å². The van der Waals surface area contributed by atoms with Gasteiger partial charge in [0.05, 0.1) is 6.61 Å². The molecule has 0 rings (SSSR count). The molecular formula is C7H14N2O2. The van der Waals surface area contributed by atoms with Crippen LogP contribution in [0.2, 0.25) is 0 Å². The van der Waals surface area contributed by atoms with Crippen LogP contribution in [-0.4, -0.2) is 25.0 Å². The van der Waals surface area contributed by atoms with E-state index in [4.69, 9.17) is 5.41 Å². The molecule has 0 aliphatic heterocycles. The number of ether oxygens (including phenoxy) is 1. The molecule has 0 aliphatic carbocycles. The summed E-state index contributed by atoms with van der Waals surface area (Å²) < 4.78 is 4.63. The van der Waals surface area contributed by atoms with Crippen molar-refractivity contribution in [1.82, 2.24) is 5.32 Å². The molecule has 0 saturated heterocycles. The molecule has 0 bridgehead atoms. The average molecular weight is 158 g/mol. The highest BCUT2D eigenvalue weighted by molar-refractivity contribution is 5.68. The van der Waals surface area contributed by atoms with E-state index in [0.29, 0.717) is 13.0 Å². The largest absolute Gasteiger partial charge is 0.450 e. The number of nitrogens with one attached hydrogen (secondary N) is 2. The van der Waals surface area contributed by atoms with Gasteiger partial charge in [0.2, 0.25) is 0 Å². The Morgan fingerprint density at radius 1 is 1.82 bits per heavy atom.